The number of likely N-dealkylation sites (tertiary alicyclic amines) is 1. The molecule has 0 radical (unpaired) electrons. The molecule has 1 aliphatic rings. The smallest absolute Gasteiger partial charge is 0.129 e. The van der Waals surface area contributed by atoms with Crippen molar-refractivity contribution in [2.45, 2.75) is 18.4 Å². The topological polar surface area (TPSA) is 51.2 Å². The van der Waals surface area contributed by atoms with Gasteiger partial charge in [0, 0.05) is 30.2 Å². The van der Waals surface area contributed by atoms with Crippen molar-refractivity contribution in [3.8, 4) is 17.2 Å². The molecule has 0 aromatic heterocycles. The standard InChI is InChI=1S/C15H23NO4.ClH/c1-16-6-5-11(12(17)9-16)15-13(19-3)7-10(18-2)8-14(15)20-4;/h7-8,11-12,17H,5-6,9H2,1-4H3;1H. The predicted octanol–water partition coefficient (Wildman–Crippen LogP) is 1.91. The van der Waals surface area contributed by atoms with Gasteiger partial charge in [-0.3, -0.25) is 0 Å². The number of rotatable bonds is 4. The first kappa shape index (κ1) is 17.9. The molecule has 0 aliphatic carbocycles. The van der Waals surface area contributed by atoms with E-state index in [4.69, 9.17) is 14.2 Å². The molecule has 6 heteroatoms. The van der Waals surface area contributed by atoms with E-state index in [1.54, 1.807) is 21.3 Å². The van der Waals surface area contributed by atoms with Crippen molar-refractivity contribution >= 4 is 12.4 Å². The summed E-state index contributed by atoms with van der Waals surface area (Å²) < 4.78 is 16.2. The molecule has 0 bridgehead atoms. The number of benzene rings is 1. The third-order valence-electron chi connectivity index (χ3n) is 3.91. The van der Waals surface area contributed by atoms with Gasteiger partial charge in [-0.15, -0.1) is 12.4 Å². The van der Waals surface area contributed by atoms with Crippen molar-refractivity contribution < 1.29 is 19.3 Å². The summed E-state index contributed by atoms with van der Waals surface area (Å²) in [7, 11) is 6.87. The van der Waals surface area contributed by atoms with Gasteiger partial charge in [-0.2, -0.15) is 0 Å². The maximum Gasteiger partial charge on any atom is 0.129 e. The van der Waals surface area contributed by atoms with Gasteiger partial charge in [0.2, 0.25) is 0 Å². The quantitative estimate of drug-likeness (QED) is 0.919. The number of aliphatic hydroxyl groups is 1. The molecular formula is C15H24ClNO4. The lowest BCUT2D eigenvalue weighted by Gasteiger charge is -2.35. The number of hydrogen-bond acceptors (Lipinski definition) is 5. The van der Waals surface area contributed by atoms with Crippen molar-refractivity contribution in [1.29, 1.82) is 0 Å². The fourth-order valence-electron chi connectivity index (χ4n) is 2.82. The Balaban J connectivity index is 0.00000220. The molecule has 2 rings (SSSR count). The number of ether oxygens (including phenoxy) is 3. The van der Waals surface area contributed by atoms with Gasteiger partial charge in [0.1, 0.15) is 17.2 Å². The van der Waals surface area contributed by atoms with Gasteiger partial charge in [0.25, 0.3) is 0 Å². The lowest BCUT2D eigenvalue weighted by atomic mass is 9.86. The molecule has 21 heavy (non-hydrogen) atoms. The summed E-state index contributed by atoms with van der Waals surface area (Å²) >= 11 is 0. The Bertz CT molecular complexity index is 444. The van der Waals surface area contributed by atoms with Gasteiger partial charge in [0.05, 0.1) is 27.4 Å². The van der Waals surface area contributed by atoms with Crippen molar-refractivity contribution in [3.63, 3.8) is 0 Å². The molecule has 120 valence electrons. The van der Waals surface area contributed by atoms with Crippen molar-refractivity contribution in [2.24, 2.45) is 0 Å². The zero-order valence-electron chi connectivity index (χ0n) is 13.0. The lowest BCUT2D eigenvalue weighted by Crippen LogP contribution is -2.40. The summed E-state index contributed by atoms with van der Waals surface area (Å²) in [4.78, 5) is 2.13. The Morgan fingerprint density at radius 2 is 1.67 bits per heavy atom. The van der Waals surface area contributed by atoms with Gasteiger partial charge in [-0.25, -0.2) is 0 Å². The first-order valence-electron chi connectivity index (χ1n) is 6.77. The zero-order valence-corrected chi connectivity index (χ0v) is 13.8. The van der Waals surface area contributed by atoms with Crippen LogP contribution in [-0.4, -0.2) is 57.6 Å². The highest BCUT2D eigenvalue weighted by Crippen LogP contribution is 2.42. The summed E-state index contributed by atoms with van der Waals surface area (Å²) in [6.45, 7) is 1.60. The summed E-state index contributed by atoms with van der Waals surface area (Å²) in [6.07, 6.45) is 0.446. The second kappa shape index (κ2) is 7.73. The van der Waals surface area contributed by atoms with Crippen LogP contribution in [0.15, 0.2) is 12.1 Å². The van der Waals surface area contributed by atoms with E-state index in [0.29, 0.717) is 23.8 Å². The first-order chi connectivity index (χ1) is 9.60. The molecule has 0 amide bonds. The second-order valence-corrected chi connectivity index (χ2v) is 5.17. The van der Waals surface area contributed by atoms with Crippen LogP contribution < -0.4 is 14.2 Å². The van der Waals surface area contributed by atoms with Crippen LogP contribution in [-0.2, 0) is 0 Å². The molecule has 5 nitrogen and oxygen atoms in total. The third-order valence-corrected chi connectivity index (χ3v) is 3.91. The average molecular weight is 318 g/mol. The number of halogens is 1. The molecule has 0 spiro atoms. The SMILES string of the molecule is COc1cc(OC)c(C2CCN(C)CC2O)c(OC)c1.Cl. The van der Waals surface area contributed by atoms with E-state index in [9.17, 15) is 5.11 Å². The van der Waals surface area contributed by atoms with E-state index >= 15 is 0 Å². The number of aliphatic hydroxyl groups excluding tert-OH is 1. The Hall–Kier alpha value is -1.17. The highest BCUT2D eigenvalue weighted by atomic mass is 35.5. The van der Waals surface area contributed by atoms with Crippen LogP contribution in [0.25, 0.3) is 0 Å². The summed E-state index contributed by atoms with van der Waals surface area (Å²) in [5.41, 5.74) is 0.927. The van der Waals surface area contributed by atoms with E-state index in [-0.39, 0.29) is 18.3 Å². The molecule has 1 aromatic carbocycles. The summed E-state index contributed by atoms with van der Waals surface area (Å²) in [5.74, 6) is 2.11. The Morgan fingerprint density at radius 3 is 2.10 bits per heavy atom. The van der Waals surface area contributed by atoms with Crippen molar-refractivity contribution in [1.82, 2.24) is 4.90 Å². The van der Waals surface area contributed by atoms with E-state index in [2.05, 4.69) is 4.90 Å². The Labute approximate surface area is 132 Å². The number of piperidine rings is 1. The second-order valence-electron chi connectivity index (χ2n) is 5.17. The maximum atomic E-state index is 10.4. The van der Waals surface area contributed by atoms with E-state index in [1.807, 2.05) is 19.2 Å². The monoisotopic (exact) mass is 317 g/mol. The van der Waals surface area contributed by atoms with Crippen LogP contribution in [0.3, 0.4) is 0 Å². The van der Waals surface area contributed by atoms with Crippen LogP contribution in [0.1, 0.15) is 17.9 Å². The van der Waals surface area contributed by atoms with Gasteiger partial charge in [-0.05, 0) is 20.0 Å². The molecule has 1 saturated heterocycles. The van der Waals surface area contributed by atoms with Crippen LogP contribution in [0.4, 0.5) is 0 Å². The Kier molecular flexibility index (Phi) is 6.58. The van der Waals surface area contributed by atoms with Gasteiger partial charge in [0.15, 0.2) is 0 Å². The summed E-state index contributed by atoms with van der Waals surface area (Å²) in [5, 5.41) is 10.4. The molecule has 1 heterocycles. The van der Waals surface area contributed by atoms with Crippen LogP contribution in [0, 0.1) is 0 Å². The fourth-order valence-corrected chi connectivity index (χ4v) is 2.82. The van der Waals surface area contributed by atoms with Gasteiger partial charge < -0.3 is 24.2 Å². The van der Waals surface area contributed by atoms with Crippen LogP contribution >= 0.6 is 12.4 Å². The fraction of sp³-hybridized carbons (Fsp3) is 0.600. The minimum Gasteiger partial charge on any atom is -0.496 e. The first-order valence-corrected chi connectivity index (χ1v) is 6.77. The minimum atomic E-state index is -0.426. The zero-order chi connectivity index (χ0) is 14.7. The molecule has 2 unspecified atom stereocenters. The molecular weight excluding hydrogens is 294 g/mol. The number of nitrogens with zero attached hydrogens (tertiary/aromatic N) is 1. The average Bonchev–Trinajstić information content (AvgIpc) is 2.46. The van der Waals surface area contributed by atoms with Crippen LogP contribution in [0.2, 0.25) is 0 Å². The third kappa shape index (κ3) is 3.73. The highest BCUT2D eigenvalue weighted by Gasteiger charge is 2.32. The molecule has 2 atom stereocenters. The van der Waals surface area contributed by atoms with Crippen molar-refractivity contribution in [2.75, 3.05) is 41.5 Å². The number of hydrogen-bond donors (Lipinski definition) is 1. The van der Waals surface area contributed by atoms with Gasteiger partial charge in [-0.1, -0.05) is 0 Å². The van der Waals surface area contributed by atoms with E-state index in [1.165, 1.54) is 0 Å². The maximum absolute atomic E-state index is 10.4. The number of methoxy groups -OCH3 is 3. The van der Waals surface area contributed by atoms with E-state index in [0.717, 1.165) is 18.5 Å². The number of β-amino-alcohol motifs (C(OH)–C–C–N with tert-alkyl or cyclic N) is 1. The minimum absolute atomic E-state index is 0. The molecule has 1 aromatic rings. The Morgan fingerprint density at radius 1 is 1.10 bits per heavy atom. The van der Waals surface area contributed by atoms with Crippen LogP contribution in [0.5, 0.6) is 17.2 Å². The highest BCUT2D eigenvalue weighted by molar-refractivity contribution is 5.85. The molecule has 1 aliphatic heterocycles. The largest absolute Gasteiger partial charge is 0.496 e. The molecule has 1 fully saturated rings. The van der Waals surface area contributed by atoms with Crippen molar-refractivity contribution in [3.05, 3.63) is 17.7 Å². The van der Waals surface area contributed by atoms with Gasteiger partial charge >= 0.3 is 0 Å². The predicted molar refractivity (Wildman–Crippen MR) is 84.2 cm³/mol. The normalized spacial score (nSPS) is 22.3. The number of likely N-dealkylation sites (N-methyl/N-ethyl adjacent to an activating group) is 1. The summed E-state index contributed by atoms with van der Waals surface area (Å²) in [6, 6.07) is 3.67. The lowest BCUT2D eigenvalue weighted by molar-refractivity contribution is 0.0619. The van der Waals surface area contributed by atoms with E-state index < -0.39 is 6.10 Å². The molecule has 0 saturated carbocycles. The molecule has 1 N–H and O–H groups in total.